The molecule has 21 heavy (non-hydrogen) atoms. The molecule has 0 radical (unpaired) electrons. The van der Waals surface area contributed by atoms with Gasteiger partial charge >= 0.3 is 0 Å². The zero-order chi connectivity index (χ0) is 15.3. The summed E-state index contributed by atoms with van der Waals surface area (Å²) in [5.74, 6) is 0.623. The van der Waals surface area contributed by atoms with Gasteiger partial charge in [-0.1, -0.05) is 33.1 Å². The number of hydrogen-bond acceptors (Lipinski definition) is 4. The maximum atomic E-state index is 11.7. The van der Waals surface area contributed by atoms with E-state index in [1.54, 1.807) is 6.92 Å². The molecule has 0 aromatic heterocycles. The summed E-state index contributed by atoms with van der Waals surface area (Å²) in [5.41, 5.74) is 0.305. The smallest absolute Gasteiger partial charge is 0.150 e. The summed E-state index contributed by atoms with van der Waals surface area (Å²) in [6.45, 7) is 7.10. The molecule has 0 amide bonds. The van der Waals surface area contributed by atoms with E-state index in [2.05, 4.69) is 17.1 Å². The lowest BCUT2D eigenvalue weighted by molar-refractivity contribution is 0.00958. The average molecular weight is 317 g/mol. The summed E-state index contributed by atoms with van der Waals surface area (Å²) in [5, 5.41) is 3.72. The van der Waals surface area contributed by atoms with Crippen LogP contribution in [0.3, 0.4) is 0 Å². The molecule has 1 heterocycles. The highest BCUT2D eigenvalue weighted by molar-refractivity contribution is 7.91. The fraction of sp³-hybridized carbons (Fsp3) is 1.00. The maximum Gasteiger partial charge on any atom is 0.150 e. The van der Waals surface area contributed by atoms with E-state index >= 15 is 0 Å². The second-order valence-corrected chi connectivity index (χ2v) is 9.28. The Morgan fingerprint density at radius 2 is 1.90 bits per heavy atom. The predicted octanol–water partition coefficient (Wildman–Crippen LogP) is 2.20. The van der Waals surface area contributed by atoms with Crippen molar-refractivity contribution >= 4 is 9.84 Å². The van der Waals surface area contributed by atoms with Gasteiger partial charge in [0.15, 0.2) is 0 Å². The third kappa shape index (κ3) is 4.42. The van der Waals surface area contributed by atoms with Crippen molar-refractivity contribution in [2.24, 2.45) is 0 Å². The van der Waals surface area contributed by atoms with Crippen LogP contribution in [0.2, 0.25) is 0 Å². The van der Waals surface area contributed by atoms with E-state index in [1.165, 1.54) is 32.1 Å². The van der Waals surface area contributed by atoms with Crippen LogP contribution in [0, 0.1) is 0 Å². The zero-order valence-corrected chi connectivity index (χ0v) is 14.6. The van der Waals surface area contributed by atoms with Gasteiger partial charge in [0.05, 0.1) is 5.75 Å². The summed E-state index contributed by atoms with van der Waals surface area (Å²) in [4.78, 5) is 2.63. The first-order valence-corrected chi connectivity index (χ1v) is 10.5. The molecule has 1 aliphatic heterocycles. The Kier molecular flexibility index (Phi) is 6.09. The number of nitrogens with zero attached hydrogens (tertiary/aromatic N) is 1. The van der Waals surface area contributed by atoms with Gasteiger partial charge in [-0.15, -0.1) is 0 Å². The highest BCUT2D eigenvalue weighted by atomic mass is 32.2. The second kappa shape index (κ2) is 7.42. The Labute approximate surface area is 130 Å². The van der Waals surface area contributed by atoms with Gasteiger partial charge in [0, 0.05) is 30.4 Å². The van der Waals surface area contributed by atoms with Crippen molar-refractivity contribution in [3.63, 3.8) is 0 Å². The van der Waals surface area contributed by atoms with E-state index in [0.717, 1.165) is 32.5 Å². The maximum absolute atomic E-state index is 11.7. The van der Waals surface area contributed by atoms with Crippen molar-refractivity contribution in [1.82, 2.24) is 10.2 Å². The van der Waals surface area contributed by atoms with Crippen LogP contribution in [0.15, 0.2) is 0 Å². The van der Waals surface area contributed by atoms with Crippen LogP contribution in [0.5, 0.6) is 0 Å². The van der Waals surface area contributed by atoms with Gasteiger partial charge in [-0.25, -0.2) is 8.42 Å². The van der Waals surface area contributed by atoms with Crippen LogP contribution in [-0.4, -0.2) is 56.0 Å². The lowest BCUT2D eigenvalue weighted by atomic mass is 9.78. The van der Waals surface area contributed by atoms with E-state index in [-0.39, 0.29) is 5.75 Å². The van der Waals surface area contributed by atoms with Crippen molar-refractivity contribution < 1.29 is 8.42 Å². The number of rotatable bonds is 6. The SMILES string of the molecule is CCC1CN(CCCS(=O)(=O)CC)C2(CCCCC2)CN1. The molecule has 1 unspecified atom stereocenters. The van der Waals surface area contributed by atoms with E-state index in [4.69, 9.17) is 0 Å². The highest BCUT2D eigenvalue weighted by Gasteiger charge is 2.41. The van der Waals surface area contributed by atoms with Gasteiger partial charge in [0.1, 0.15) is 9.84 Å². The van der Waals surface area contributed by atoms with Crippen LogP contribution < -0.4 is 5.32 Å². The Morgan fingerprint density at radius 1 is 1.19 bits per heavy atom. The van der Waals surface area contributed by atoms with Crippen LogP contribution in [0.4, 0.5) is 0 Å². The topological polar surface area (TPSA) is 49.4 Å². The molecule has 4 nitrogen and oxygen atoms in total. The minimum atomic E-state index is -2.82. The zero-order valence-electron chi connectivity index (χ0n) is 13.7. The second-order valence-electron chi connectivity index (χ2n) is 6.81. The Bertz CT molecular complexity index is 416. The van der Waals surface area contributed by atoms with Gasteiger partial charge in [-0.3, -0.25) is 4.90 Å². The highest BCUT2D eigenvalue weighted by Crippen LogP contribution is 2.35. The molecule has 2 fully saturated rings. The first-order chi connectivity index (χ1) is 10.0. The molecule has 1 aliphatic carbocycles. The average Bonchev–Trinajstić information content (AvgIpc) is 2.50. The summed E-state index contributed by atoms with van der Waals surface area (Å²) < 4.78 is 23.4. The van der Waals surface area contributed by atoms with E-state index < -0.39 is 9.84 Å². The lowest BCUT2D eigenvalue weighted by Gasteiger charge is -2.52. The molecule has 1 N–H and O–H groups in total. The number of nitrogens with one attached hydrogen (secondary N) is 1. The predicted molar refractivity (Wildman–Crippen MR) is 88.4 cm³/mol. The van der Waals surface area contributed by atoms with Crippen LogP contribution >= 0.6 is 0 Å². The van der Waals surface area contributed by atoms with Crippen molar-refractivity contribution in [3.05, 3.63) is 0 Å². The van der Waals surface area contributed by atoms with Crippen LogP contribution in [-0.2, 0) is 9.84 Å². The fourth-order valence-corrected chi connectivity index (χ4v) is 4.75. The van der Waals surface area contributed by atoms with Gasteiger partial charge in [0.25, 0.3) is 0 Å². The molecule has 1 saturated carbocycles. The Balaban J connectivity index is 1.96. The molecule has 1 atom stereocenters. The first-order valence-electron chi connectivity index (χ1n) is 8.70. The quantitative estimate of drug-likeness (QED) is 0.816. The Hall–Kier alpha value is -0.130. The minimum Gasteiger partial charge on any atom is -0.311 e. The largest absolute Gasteiger partial charge is 0.311 e. The van der Waals surface area contributed by atoms with E-state index in [1.807, 2.05) is 0 Å². The first kappa shape index (κ1) is 17.2. The molecule has 1 saturated heterocycles. The van der Waals surface area contributed by atoms with Gasteiger partial charge in [0.2, 0.25) is 0 Å². The molecular weight excluding hydrogens is 284 g/mol. The summed E-state index contributed by atoms with van der Waals surface area (Å²) >= 11 is 0. The lowest BCUT2D eigenvalue weighted by Crippen LogP contribution is -2.65. The molecule has 0 aromatic carbocycles. The molecule has 2 rings (SSSR count). The van der Waals surface area contributed by atoms with E-state index in [9.17, 15) is 8.42 Å². The Morgan fingerprint density at radius 3 is 2.52 bits per heavy atom. The monoisotopic (exact) mass is 316 g/mol. The van der Waals surface area contributed by atoms with Crippen LogP contribution in [0.25, 0.3) is 0 Å². The molecule has 0 bridgehead atoms. The third-order valence-corrected chi connectivity index (χ3v) is 7.22. The standard InChI is InChI=1S/C16H32N2O2S/c1-3-15-13-18(11-8-12-21(19,20)4-2)16(14-17-15)9-6-5-7-10-16/h15,17H,3-14H2,1-2H3. The van der Waals surface area contributed by atoms with E-state index in [0.29, 0.717) is 17.3 Å². The van der Waals surface area contributed by atoms with Crippen molar-refractivity contribution in [2.45, 2.75) is 70.4 Å². The summed E-state index contributed by atoms with van der Waals surface area (Å²) in [6, 6.07) is 0.570. The molecule has 1 spiro atoms. The molecular formula is C16H32N2O2S. The van der Waals surface area contributed by atoms with Gasteiger partial charge in [-0.05, 0) is 32.2 Å². The number of hydrogen-bond donors (Lipinski definition) is 1. The molecule has 2 aliphatic rings. The minimum absolute atomic E-state index is 0.275. The number of sulfone groups is 1. The van der Waals surface area contributed by atoms with Gasteiger partial charge in [-0.2, -0.15) is 0 Å². The summed E-state index contributed by atoms with van der Waals surface area (Å²) in [7, 11) is -2.82. The van der Waals surface area contributed by atoms with Crippen molar-refractivity contribution in [3.8, 4) is 0 Å². The number of piperazine rings is 1. The normalized spacial score (nSPS) is 27.0. The molecule has 0 aromatic rings. The molecule has 124 valence electrons. The van der Waals surface area contributed by atoms with Crippen molar-refractivity contribution in [1.29, 1.82) is 0 Å². The van der Waals surface area contributed by atoms with Crippen molar-refractivity contribution in [2.75, 3.05) is 31.1 Å². The third-order valence-electron chi connectivity index (χ3n) is 5.43. The molecule has 5 heteroatoms. The van der Waals surface area contributed by atoms with Crippen LogP contribution in [0.1, 0.15) is 58.8 Å². The van der Waals surface area contributed by atoms with Gasteiger partial charge < -0.3 is 5.32 Å². The fourth-order valence-electron chi connectivity index (χ4n) is 3.89. The summed E-state index contributed by atoms with van der Waals surface area (Å²) in [6.07, 6.45) is 8.49.